The van der Waals surface area contributed by atoms with E-state index in [0.717, 1.165) is 29.0 Å². The van der Waals surface area contributed by atoms with Gasteiger partial charge in [-0.25, -0.2) is 19.6 Å². The molecular formula is C24H22N4O7S2. The Labute approximate surface area is 219 Å². The number of cyclic esters (lactones) is 1. The van der Waals surface area contributed by atoms with E-state index in [-0.39, 0.29) is 12.4 Å². The van der Waals surface area contributed by atoms with Gasteiger partial charge < -0.3 is 28.9 Å². The van der Waals surface area contributed by atoms with Gasteiger partial charge in [-0.3, -0.25) is 4.79 Å². The zero-order valence-electron chi connectivity index (χ0n) is 20.0. The van der Waals surface area contributed by atoms with Crippen molar-refractivity contribution < 1.29 is 33.3 Å². The molecule has 0 radical (unpaired) electrons. The molecule has 2 atom stereocenters. The van der Waals surface area contributed by atoms with E-state index in [0.29, 0.717) is 38.4 Å². The number of Topliss-reactive ketones (excluding diaryl/α,β-unsaturated/α-hetero) is 1. The van der Waals surface area contributed by atoms with Gasteiger partial charge in [0.1, 0.15) is 16.7 Å². The fourth-order valence-electron chi connectivity index (χ4n) is 3.90. The van der Waals surface area contributed by atoms with Crippen molar-refractivity contribution in [3.8, 4) is 11.5 Å². The number of carbonyl (C=O) groups is 3. The second kappa shape index (κ2) is 9.98. The number of ketones is 1. The van der Waals surface area contributed by atoms with Crippen LogP contribution in [0.15, 0.2) is 46.7 Å². The highest BCUT2D eigenvalue weighted by Crippen LogP contribution is 2.42. The summed E-state index contributed by atoms with van der Waals surface area (Å²) in [4.78, 5) is 53.9. The van der Waals surface area contributed by atoms with Gasteiger partial charge >= 0.3 is 11.9 Å². The molecule has 37 heavy (non-hydrogen) atoms. The zero-order valence-corrected chi connectivity index (χ0v) is 21.7. The standard InChI is InChI=1S/C24H22N4O7S2/c1-4-34-21(31)24(11-36-22-25-14-7-5-12(32-2)9-16(14)27-22)19(18(29)20(30)35-24)37-23-26-15-8-6-13(33-3)10-17(15)28-23/h5-10,19H,4,11H2,1-3H3,(H,25,27)(H,26,28). The molecule has 5 rings (SSSR count). The molecule has 1 saturated heterocycles. The van der Waals surface area contributed by atoms with Gasteiger partial charge in [0.15, 0.2) is 10.3 Å². The summed E-state index contributed by atoms with van der Waals surface area (Å²) in [6.45, 7) is 1.68. The zero-order chi connectivity index (χ0) is 26.2. The van der Waals surface area contributed by atoms with Gasteiger partial charge in [-0.1, -0.05) is 23.5 Å². The summed E-state index contributed by atoms with van der Waals surface area (Å²) in [7, 11) is 3.12. The first-order chi connectivity index (χ1) is 17.9. The highest BCUT2D eigenvalue weighted by Gasteiger charge is 2.62. The molecule has 1 aliphatic rings. The topological polar surface area (TPSA) is 145 Å². The van der Waals surface area contributed by atoms with Gasteiger partial charge in [0.25, 0.3) is 5.78 Å². The number of hydrogen-bond acceptors (Lipinski definition) is 11. The number of nitrogens with one attached hydrogen (secondary N) is 2. The van der Waals surface area contributed by atoms with E-state index in [1.807, 2.05) is 0 Å². The van der Waals surface area contributed by atoms with Crippen LogP contribution in [0.2, 0.25) is 0 Å². The Morgan fingerprint density at radius 1 is 1.00 bits per heavy atom. The van der Waals surface area contributed by atoms with Crippen molar-refractivity contribution in [2.24, 2.45) is 0 Å². The fourth-order valence-corrected chi connectivity index (χ4v) is 6.21. The highest BCUT2D eigenvalue weighted by molar-refractivity contribution is 8.01. The fraction of sp³-hybridized carbons (Fsp3) is 0.292. The van der Waals surface area contributed by atoms with Crippen molar-refractivity contribution in [1.29, 1.82) is 0 Å². The summed E-state index contributed by atoms with van der Waals surface area (Å²) in [5.41, 5.74) is 0.849. The smallest absolute Gasteiger partial charge is 0.377 e. The molecule has 2 aromatic carbocycles. The van der Waals surface area contributed by atoms with Crippen molar-refractivity contribution >= 4 is 63.3 Å². The number of aromatic nitrogens is 4. The van der Waals surface area contributed by atoms with E-state index in [1.165, 1.54) is 0 Å². The Kier molecular flexibility index (Phi) is 6.73. The van der Waals surface area contributed by atoms with Crippen LogP contribution in [0.1, 0.15) is 6.92 Å². The molecule has 2 N–H and O–H groups in total. The van der Waals surface area contributed by atoms with E-state index in [4.69, 9.17) is 18.9 Å². The van der Waals surface area contributed by atoms with Crippen LogP contribution in [0.25, 0.3) is 22.1 Å². The summed E-state index contributed by atoms with van der Waals surface area (Å²) in [6, 6.07) is 10.7. The second-order valence-corrected chi connectivity index (χ2v) is 10.1. The number of hydrogen-bond donors (Lipinski definition) is 2. The van der Waals surface area contributed by atoms with Crippen LogP contribution in [0.5, 0.6) is 11.5 Å². The first-order valence-corrected chi connectivity index (χ1v) is 13.0. The number of fused-ring (bicyclic) bond motifs is 2. The van der Waals surface area contributed by atoms with Crippen LogP contribution < -0.4 is 9.47 Å². The number of benzene rings is 2. The lowest BCUT2D eigenvalue weighted by molar-refractivity contribution is -0.171. The number of nitrogens with zero attached hydrogens (tertiary/aromatic N) is 2. The largest absolute Gasteiger partial charge is 0.497 e. The third kappa shape index (κ3) is 4.60. The monoisotopic (exact) mass is 542 g/mol. The van der Waals surface area contributed by atoms with Crippen molar-refractivity contribution in [2.45, 2.75) is 28.1 Å². The van der Waals surface area contributed by atoms with E-state index in [9.17, 15) is 14.4 Å². The number of H-pyrrole nitrogens is 2. The van der Waals surface area contributed by atoms with Gasteiger partial charge in [0.2, 0.25) is 5.60 Å². The Balaban J connectivity index is 1.46. The average molecular weight is 543 g/mol. The quantitative estimate of drug-likeness (QED) is 0.183. The summed E-state index contributed by atoms with van der Waals surface area (Å²) in [6.07, 6.45) is 0. The summed E-state index contributed by atoms with van der Waals surface area (Å²) in [5.74, 6) is -1.57. The lowest BCUT2D eigenvalue weighted by Crippen LogP contribution is -2.51. The maximum atomic E-state index is 13.2. The SMILES string of the molecule is CCOC(=O)C1(CSc2nc3ccc(OC)cc3[nH]2)OC(=O)C(=O)C1Sc1nc2ccc(OC)cc2[nH]1. The molecule has 4 aromatic rings. The number of esters is 2. The number of ether oxygens (including phenoxy) is 4. The Morgan fingerprint density at radius 2 is 1.59 bits per heavy atom. The van der Waals surface area contributed by atoms with Crippen LogP contribution in [-0.2, 0) is 23.9 Å². The van der Waals surface area contributed by atoms with Gasteiger partial charge in [-0.2, -0.15) is 0 Å². The maximum Gasteiger partial charge on any atom is 0.377 e. The van der Waals surface area contributed by atoms with E-state index < -0.39 is 28.6 Å². The predicted octanol–water partition coefficient (Wildman–Crippen LogP) is 3.14. The molecule has 0 amide bonds. The Bertz CT molecular complexity index is 1520. The third-order valence-electron chi connectivity index (χ3n) is 5.75. The second-order valence-electron chi connectivity index (χ2n) is 8.00. The molecule has 0 bridgehead atoms. The number of carbonyl (C=O) groups excluding carboxylic acids is 3. The predicted molar refractivity (Wildman–Crippen MR) is 136 cm³/mol. The lowest BCUT2D eigenvalue weighted by atomic mass is 10.0. The average Bonchev–Trinajstić information content (AvgIpc) is 3.57. The minimum absolute atomic E-state index is 0.0449. The molecule has 3 heterocycles. The van der Waals surface area contributed by atoms with Crippen LogP contribution in [0.3, 0.4) is 0 Å². The molecular weight excluding hydrogens is 520 g/mol. The minimum atomic E-state index is -1.88. The summed E-state index contributed by atoms with van der Waals surface area (Å²) >= 11 is 2.08. The molecule has 0 spiro atoms. The normalized spacial score (nSPS) is 19.4. The number of rotatable bonds is 9. The molecule has 1 fully saturated rings. The Morgan fingerprint density at radius 3 is 2.19 bits per heavy atom. The van der Waals surface area contributed by atoms with Crippen molar-refractivity contribution in [1.82, 2.24) is 19.9 Å². The van der Waals surface area contributed by atoms with Gasteiger partial charge in [-0.05, 0) is 31.2 Å². The highest BCUT2D eigenvalue weighted by atomic mass is 32.2. The minimum Gasteiger partial charge on any atom is -0.497 e. The molecule has 1 aliphatic heterocycles. The molecule has 2 unspecified atom stereocenters. The first kappa shape index (κ1) is 25.0. The van der Waals surface area contributed by atoms with Crippen LogP contribution in [0.4, 0.5) is 0 Å². The molecule has 192 valence electrons. The molecule has 0 aliphatic carbocycles. The van der Waals surface area contributed by atoms with E-state index >= 15 is 0 Å². The number of methoxy groups -OCH3 is 2. The summed E-state index contributed by atoms with van der Waals surface area (Å²) in [5, 5.41) is -0.408. The van der Waals surface area contributed by atoms with Gasteiger partial charge in [-0.15, -0.1) is 0 Å². The molecule has 13 heteroatoms. The molecule has 2 aromatic heterocycles. The molecule has 11 nitrogen and oxygen atoms in total. The van der Waals surface area contributed by atoms with Gasteiger partial charge in [0, 0.05) is 12.1 Å². The van der Waals surface area contributed by atoms with Crippen molar-refractivity contribution in [3.63, 3.8) is 0 Å². The van der Waals surface area contributed by atoms with Gasteiger partial charge in [0.05, 0.1) is 48.6 Å². The van der Waals surface area contributed by atoms with Crippen LogP contribution in [0, 0.1) is 0 Å². The summed E-state index contributed by atoms with van der Waals surface area (Å²) < 4.78 is 21.2. The van der Waals surface area contributed by atoms with Crippen molar-refractivity contribution in [2.75, 3.05) is 26.6 Å². The first-order valence-electron chi connectivity index (χ1n) is 11.2. The van der Waals surface area contributed by atoms with Crippen LogP contribution in [-0.4, -0.2) is 75.1 Å². The van der Waals surface area contributed by atoms with Crippen molar-refractivity contribution in [3.05, 3.63) is 36.4 Å². The van der Waals surface area contributed by atoms with E-state index in [2.05, 4.69) is 19.9 Å². The lowest BCUT2D eigenvalue weighted by Gasteiger charge is -2.28. The number of thioether (sulfide) groups is 2. The number of aromatic amines is 2. The Hall–Kier alpha value is -3.71. The number of imidazole rings is 2. The maximum absolute atomic E-state index is 13.2. The van der Waals surface area contributed by atoms with Crippen LogP contribution >= 0.6 is 23.5 Å². The molecule has 0 saturated carbocycles. The third-order valence-corrected chi connectivity index (χ3v) is 8.03. The van der Waals surface area contributed by atoms with E-state index in [1.54, 1.807) is 57.5 Å².